The van der Waals surface area contributed by atoms with Crippen LogP contribution in [0.5, 0.6) is 5.75 Å². The van der Waals surface area contributed by atoms with Crippen LogP contribution < -0.4 is 10.5 Å². The summed E-state index contributed by atoms with van der Waals surface area (Å²) in [5.74, 6) is 0.810. The maximum absolute atomic E-state index is 12.4. The second-order valence-corrected chi connectivity index (χ2v) is 4.69. The average Bonchev–Trinajstić information content (AvgIpc) is 2.22. The fraction of sp³-hybridized carbons (Fsp3) is 0.583. The van der Waals surface area contributed by atoms with Crippen molar-refractivity contribution in [1.82, 2.24) is 4.98 Å². The number of hydrogen-bond donors (Lipinski definition) is 1. The Labute approximate surface area is 103 Å². The Bertz CT molecular complexity index is 428. The van der Waals surface area contributed by atoms with E-state index in [4.69, 9.17) is 10.5 Å². The van der Waals surface area contributed by atoms with Gasteiger partial charge in [0.1, 0.15) is 11.4 Å². The van der Waals surface area contributed by atoms with Gasteiger partial charge in [0.15, 0.2) is 0 Å². The van der Waals surface area contributed by atoms with E-state index in [0.29, 0.717) is 18.3 Å². The first-order valence-electron chi connectivity index (χ1n) is 5.79. The molecule has 1 saturated carbocycles. The van der Waals surface area contributed by atoms with Crippen molar-refractivity contribution in [2.24, 2.45) is 11.7 Å². The third kappa shape index (κ3) is 2.93. The highest BCUT2D eigenvalue weighted by atomic mass is 19.4. The van der Waals surface area contributed by atoms with E-state index in [1.807, 2.05) is 0 Å². The van der Waals surface area contributed by atoms with Crippen LogP contribution in [0.25, 0.3) is 0 Å². The molecule has 0 atom stereocenters. The SMILES string of the molecule is Cc1nc(C(F)(F)F)ccc1OC[C@H]1C[C@@H](N)C1. The number of hydrogen-bond acceptors (Lipinski definition) is 3. The molecule has 2 rings (SSSR count). The first-order chi connectivity index (χ1) is 8.36. The number of alkyl halides is 3. The fourth-order valence-corrected chi connectivity index (χ4v) is 1.99. The minimum Gasteiger partial charge on any atom is -0.491 e. The summed E-state index contributed by atoms with van der Waals surface area (Å²) in [5.41, 5.74) is 5.01. The van der Waals surface area contributed by atoms with Gasteiger partial charge in [-0.15, -0.1) is 0 Å². The normalized spacial score (nSPS) is 23.6. The van der Waals surface area contributed by atoms with E-state index >= 15 is 0 Å². The number of aromatic nitrogens is 1. The van der Waals surface area contributed by atoms with Gasteiger partial charge < -0.3 is 10.5 Å². The number of nitrogens with two attached hydrogens (primary N) is 1. The number of halogens is 3. The average molecular weight is 260 g/mol. The second kappa shape index (κ2) is 4.76. The standard InChI is InChI=1S/C12H15F3N2O/c1-7-10(18-6-8-4-9(16)5-8)2-3-11(17-7)12(13,14)15/h2-3,8-9H,4-6,16H2,1H3/t8-,9+. The molecule has 6 heteroatoms. The molecule has 1 aromatic rings. The summed E-state index contributed by atoms with van der Waals surface area (Å²) in [6.07, 6.45) is -2.59. The van der Waals surface area contributed by atoms with Crippen LogP contribution >= 0.6 is 0 Å². The zero-order chi connectivity index (χ0) is 13.3. The molecule has 2 N–H and O–H groups in total. The first kappa shape index (κ1) is 13.1. The van der Waals surface area contributed by atoms with E-state index in [2.05, 4.69) is 4.98 Å². The van der Waals surface area contributed by atoms with Crippen molar-refractivity contribution < 1.29 is 17.9 Å². The smallest absolute Gasteiger partial charge is 0.433 e. The Kier molecular flexibility index (Phi) is 3.47. The van der Waals surface area contributed by atoms with Gasteiger partial charge >= 0.3 is 6.18 Å². The summed E-state index contributed by atoms with van der Waals surface area (Å²) in [6, 6.07) is 2.50. The highest BCUT2D eigenvalue weighted by Crippen LogP contribution is 2.31. The lowest BCUT2D eigenvalue weighted by Gasteiger charge is -2.32. The quantitative estimate of drug-likeness (QED) is 0.908. The third-order valence-electron chi connectivity index (χ3n) is 3.07. The van der Waals surface area contributed by atoms with E-state index in [1.165, 1.54) is 13.0 Å². The summed E-state index contributed by atoms with van der Waals surface area (Å²) < 4.78 is 42.7. The Morgan fingerprint density at radius 1 is 1.39 bits per heavy atom. The van der Waals surface area contributed by atoms with Gasteiger partial charge in [-0.1, -0.05) is 0 Å². The Hall–Kier alpha value is -1.30. The molecule has 0 bridgehead atoms. The van der Waals surface area contributed by atoms with Crippen molar-refractivity contribution >= 4 is 0 Å². The maximum Gasteiger partial charge on any atom is 0.433 e. The minimum absolute atomic E-state index is 0.241. The molecule has 0 aromatic carbocycles. The molecule has 0 unspecified atom stereocenters. The summed E-state index contributed by atoms with van der Waals surface area (Å²) in [5, 5.41) is 0. The zero-order valence-electron chi connectivity index (χ0n) is 10.00. The summed E-state index contributed by atoms with van der Waals surface area (Å²) in [4.78, 5) is 3.51. The van der Waals surface area contributed by atoms with Gasteiger partial charge in [0, 0.05) is 6.04 Å². The van der Waals surface area contributed by atoms with Gasteiger partial charge in [-0.2, -0.15) is 13.2 Å². The minimum atomic E-state index is -4.41. The molecular formula is C12H15F3N2O. The Morgan fingerprint density at radius 3 is 2.56 bits per heavy atom. The van der Waals surface area contributed by atoms with Gasteiger partial charge in [-0.3, -0.25) is 0 Å². The molecule has 0 aliphatic heterocycles. The van der Waals surface area contributed by atoms with Crippen molar-refractivity contribution in [2.75, 3.05) is 6.61 Å². The monoisotopic (exact) mass is 260 g/mol. The number of nitrogens with zero attached hydrogens (tertiary/aromatic N) is 1. The van der Waals surface area contributed by atoms with E-state index in [9.17, 15) is 13.2 Å². The molecule has 1 aromatic heterocycles. The van der Waals surface area contributed by atoms with E-state index < -0.39 is 11.9 Å². The molecule has 0 radical (unpaired) electrons. The molecule has 0 amide bonds. The predicted molar refractivity (Wildman–Crippen MR) is 60.2 cm³/mol. The fourth-order valence-electron chi connectivity index (χ4n) is 1.99. The molecular weight excluding hydrogens is 245 g/mol. The molecule has 18 heavy (non-hydrogen) atoms. The highest BCUT2D eigenvalue weighted by Gasteiger charge is 2.33. The molecule has 100 valence electrons. The van der Waals surface area contributed by atoms with Crippen molar-refractivity contribution in [3.05, 3.63) is 23.5 Å². The van der Waals surface area contributed by atoms with Crippen LogP contribution in [0, 0.1) is 12.8 Å². The van der Waals surface area contributed by atoms with Gasteiger partial charge in [0.2, 0.25) is 0 Å². The Balaban J connectivity index is 1.97. The van der Waals surface area contributed by atoms with Crippen molar-refractivity contribution in [3.8, 4) is 5.75 Å². The second-order valence-electron chi connectivity index (χ2n) is 4.69. The highest BCUT2D eigenvalue weighted by molar-refractivity contribution is 5.29. The molecule has 0 saturated heterocycles. The third-order valence-corrected chi connectivity index (χ3v) is 3.07. The van der Waals surface area contributed by atoms with E-state index in [-0.39, 0.29) is 11.7 Å². The van der Waals surface area contributed by atoms with Crippen LogP contribution in [-0.4, -0.2) is 17.6 Å². The molecule has 1 heterocycles. The zero-order valence-corrected chi connectivity index (χ0v) is 10.00. The molecule has 1 aliphatic carbocycles. The van der Waals surface area contributed by atoms with Crippen molar-refractivity contribution in [3.63, 3.8) is 0 Å². The lowest BCUT2D eigenvalue weighted by atomic mass is 9.82. The van der Waals surface area contributed by atoms with Gasteiger partial charge in [-0.05, 0) is 37.8 Å². The van der Waals surface area contributed by atoms with Crippen LogP contribution in [0.15, 0.2) is 12.1 Å². The molecule has 3 nitrogen and oxygen atoms in total. The maximum atomic E-state index is 12.4. The van der Waals surface area contributed by atoms with Crippen molar-refractivity contribution in [1.29, 1.82) is 0 Å². The van der Waals surface area contributed by atoms with E-state index in [1.54, 1.807) is 0 Å². The molecule has 1 fully saturated rings. The van der Waals surface area contributed by atoms with Crippen LogP contribution in [-0.2, 0) is 6.18 Å². The topological polar surface area (TPSA) is 48.1 Å². The molecule has 1 aliphatic rings. The largest absolute Gasteiger partial charge is 0.491 e. The lowest BCUT2D eigenvalue weighted by Crippen LogP contribution is -2.39. The van der Waals surface area contributed by atoms with Crippen LogP contribution in [0.3, 0.4) is 0 Å². The van der Waals surface area contributed by atoms with Crippen LogP contribution in [0.4, 0.5) is 13.2 Å². The van der Waals surface area contributed by atoms with Crippen LogP contribution in [0.1, 0.15) is 24.2 Å². The summed E-state index contributed by atoms with van der Waals surface area (Å²) in [7, 11) is 0. The predicted octanol–water partition coefficient (Wildman–Crippen LogP) is 2.52. The van der Waals surface area contributed by atoms with Gasteiger partial charge in [0.05, 0.1) is 12.3 Å². The number of rotatable bonds is 3. The van der Waals surface area contributed by atoms with E-state index in [0.717, 1.165) is 18.9 Å². The number of pyridine rings is 1. The Morgan fingerprint density at radius 2 is 2.06 bits per heavy atom. The lowest BCUT2D eigenvalue weighted by molar-refractivity contribution is -0.141. The van der Waals surface area contributed by atoms with Crippen LogP contribution in [0.2, 0.25) is 0 Å². The first-order valence-corrected chi connectivity index (χ1v) is 5.79. The number of aryl methyl sites for hydroxylation is 1. The summed E-state index contributed by atoms with van der Waals surface area (Å²) >= 11 is 0. The van der Waals surface area contributed by atoms with Gasteiger partial charge in [0.25, 0.3) is 0 Å². The van der Waals surface area contributed by atoms with Crippen molar-refractivity contribution in [2.45, 2.75) is 32.0 Å². The molecule has 0 spiro atoms. The number of ether oxygens (including phenoxy) is 1. The summed E-state index contributed by atoms with van der Waals surface area (Å²) in [6.45, 7) is 2.00. The van der Waals surface area contributed by atoms with Gasteiger partial charge in [-0.25, -0.2) is 4.98 Å².